The van der Waals surface area contributed by atoms with Gasteiger partial charge in [0.15, 0.2) is 17.3 Å². The molecule has 8 heteroatoms. The molecule has 4 heterocycles. The molecule has 1 N–H and O–H groups in total. The summed E-state index contributed by atoms with van der Waals surface area (Å²) in [6, 6.07) is 9.10. The highest BCUT2D eigenvalue weighted by molar-refractivity contribution is 6.04. The number of ether oxygens (including phenoxy) is 2. The number of carbonyl (C=O) groups excluding carboxylic acids is 2. The number of aromatic nitrogens is 1. The predicted molar refractivity (Wildman–Crippen MR) is 112 cm³/mol. The lowest BCUT2D eigenvalue weighted by Crippen LogP contribution is -2.32. The van der Waals surface area contributed by atoms with Gasteiger partial charge in [0.1, 0.15) is 0 Å². The Bertz CT molecular complexity index is 973. The van der Waals surface area contributed by atoms with E-state index in [0.717, 1.165) is 37.4 Å². The maximum absolute atomic E-state index is 13.0. The third-order valence-corrected chi connectivity index (χ3v) is 5.86. The van der Waals surface area contributed by atoms with Gasteiger partial charge in [-0.15, -0.1) is 0 Å². The summed E-state index contributed by atoms with van der Waals surface area (Å²) in [5.41, 5.74) is 1.42. The fourth-order valence-electron chi connectivity index (χ4n) is 4.27. The maximum atomic E-state index is 13.0. The molecule has 3 aliphatic heterocycles. The van der Waals surface area contributed by atoms with Gasteiger partial charge < -0.3 is 24.6 Å². The van der Waals surface area contributed by atoms with Crippen LogP contribution in [0.1, 0.15) is 25.7 Å². The predicted octanol–water partition coefficient (Wildman–Crippen LogP) is 2.79. The van der Waals surface area contributed by atoms with Crippen LogP contribution in [0.5, 0.6) is 11.5 Å². The average molecular weight is 408 g/mol. The quantitative estimate of drug-likeness (QED) is 0.838. The van der Waals surface area contributed by atoms with Crippen LogP contribution in [-0.4, -0.2) is 43.2 Å². The average Bonchev–Trinajstić information content (AvgIpc) is 3.40. The summed E-state index contributed by atoms with van der Waals surface area (Å²) in [4.78, 5) is 33.9. The van der Waals surface area contributed by atoms with E-state index in [4.69, 9.17) is 9.47 Å². The molecule has 30 heavy (non-hydrogen) atoms. The lowest BCUT2D eigenvalue weighted by molar-refractivity contribution is -0.122. The molecule has 156 valence electrons. The molecule has 1 atom stereocenters. The van der Waals surface area contributed by atoms with Crippen molar-refractivity contribution in [3.8, 4) is 11.5 Å². The number of amides is 2. The monoisotopic (exact) mass is 408 g/mol. The van der Waals surface area contributed by atoms with Gasteiger partial charge in [0.05, 0.1) is 11.6 Å². The van der Waals surface area contributed by atoms with Crippen molar-refractivity contribution < 1.29 is 19.1 Å². The normalized spacial score (nSPS) is 20.5. The molecule has 0 unspecified atom stereocenters. The standard InChI is InChI=1S/C22H24N4O4/c27-20-11-15(13-26(20)16-6-7-18-19(12-16)30-14-29-18)22(28)24-17-5-4-8-23-21(17)25-9-2-1-3-10-25/h4-8,12,15H,1-3,9-11,13-14H2,(H,24,28)/t15-/m0/s1. The Balaban J connectivity index is 1.29. The van der Waals surface area contributed by atoms with Gasteiger partial charge in [0.2, 0.25) is 18.6 Å². The number of rotatable bonds is 4. The number of carbonyl (C=O) groups is 2. The second-order valence-electron chi connectivity index (χ2n) is 7.85. The van der Waals surface area contributed by atoms with Crippen molar-refractivity contribution in [1.29, 1.82) is 0 Å². The van der Waals surface area contributed by atoms with Crippen LogP contribution >= 0.6 is 0 Å². The molecular weight excluding hydrogens is 384 g/mol. The van der Waals surface area contributed by atoms with Crippen molar-refractivity contribution in [3.63, 3.8) is 0 Å². The van der Waals surface area contributed by atoms with Gasteiger partial charge in [0.25, 0.3) is 0 Å². The van der Waals surface area contributed by atoms with E-state index in [1.807, 2.05) is 18.2 Å². The van der Waals surface area contributed by atoms with Crippen molar-refractivity contribution in [1.82, 2.24) is 4.98 Å². The Morgan fingerprint density at radius 1 is 1.10 bits per heavy atom. The molecule has 0 spiro atoms. The van der Waals surface area contributed by atoms with Crippen LogP contribution < -0.4 is 24.6 Å². The van der Waals surface area contributed by atoms with E-state index in [2.05, 4.69) is 15.2 Å². The summed E-state index contributed by atoms with van der Waals surface area (Å²) < 4.78 is 10.7. The molecule has 2 fully saturated rings. The van der Waals surface area contributed by atoms with Crippen molar-refractivity contribution in [2.24, 2.45) is 5.92 Å². The number of benzene rings is 1. The van der Waals surface area contributed by atoms with Crippen molar-refractivity contribution in [2.45, 2.75) is 25.7 Å². The molecule has 2 amide bonds. The molecule has 5 rings (SSSR count). The minimum absolute atomic E-state index is 0.0727. The molecule has 3 aliphatic rings. The molecule has 0 bridgehead atoms. The number of piperidine rings is 1. The summed E-state index contributed by atoms with van der Waals surface area (Å²) in [5, 5.41) is 3.02. The first-order valence-corrected chi connectivity index (χ1v) is 10.4. The van der Waals surface area contributed by atoms with Gasteiger partial charge >= 0.3 is 0 Å². The molecule has 0 aliphatic carbocycles. The van der Waals surface area contributed by atoms with Crippen molar-refractivity contribution in [2.75, 3.05) is 41.5 Å². The molecule has 8 nitrogen and oxygen atoms in total. The number of nitrogens with zero attached hydrogens (tertiary/aromatic N) is 3. The number of nitrogens with one attached hydrogen (secondary N) is 1. The minimum Gasteiger partial charge on any atom is -0.454 e. The molecule has 0 radical (unpaired) electrons. The molecule has 1 aromatic heterocycles. The zero-order valence-corrected chi connectivity index (χ0v) is 16.7. The smallest absolute Gasteiger partial charge is 0.231 e. The highest BCUT2D eigenvalue weighted by Crippen LogP contribution is 2.37. The Labute approximate surface area is 174 Å². The second kappa shape index (κ2) is 7.85. The first-order valence-electron chi connectivity index (χ1n) is 10.4. The Kier molecular flexibility index (Phi) is 4.90. The van der Waals surface area contributed by atoms with Crippen LogP contribution in [0.3, 0.4) is 0 Å². The number of pyridine rings is 1. The third kappa shape index (κ3) is 3.53. The van der Waals surface area contributed by atoms with E-state index in [1.165, 1.54) is 6.42 Å². The largest absolute Gasteiger partial charge is 0.454 e. The van der Waals surface area contributed by atoms with E-state index >= 15 is 0 Å². The summed E-state index contributed by atoms with van der Waals surface area (Å²) >= 11 is 0. The number of hydrogen-bond acceptors (Lipinski definition) is 6. The van der Waals surface area contributed by atoms with E-state index in [1.54, 1.807) is 23.2 Å². The van der Waals surface area contributed by atoms with Crippen LogP contribution in [0.25, 0.3) is 0 Å². The Morgan fingerprint density at radius 2 is 1.93 bits per heavy atom. The van der Waals surface area contributed by atoms with Gasteiger partial charge in [0, 0.05) is 44.0 Å². The summed E-state index contributed by atoms with van der Waals surface area (Å²) in [6.45, 7) is 2.41. The minimum atomic E-state index is -0.419. The molecule has 1 aromatic carbocycles. The summed E-state index contributed by atoms with van der Waals surface area (Å²) in [6.07, 6.45) is 5.42. The molecule has 0 saturated carbocycles. The van der Waals surface area contributed by atoms with Gasteiger partial charge in [-0.05, 0) is 43.5 Å². The van der Waals surface area contributed by atoms with Crippen LogP contribution in [0, 0.1) is 5.92 Å². The van der Waals surface area contributed by atoms with Gasteiger partial charge in [-0.25, -0.2) is 4.98 Å². The summed E-state index contributed by atoms with van der Waals surface area (Å²) in [7, 11) is 0. The van der Waals surface area contributed by atoms with Gasteiger partial charge in [-0.3, -0.25) is 9.59 Å². The van der Waals surface area contributed by atoms with Gasteiger partial charge in [-0.2, -0.15) is 0 Å². The second-order valence-corrected chi connectivity index (χ2v) is 7.85. The first-order chi connectivity index (χ1) is 14.7. The zero-order valence-electron chi connectivity index (χ0n) is 16.7. The van der Waals surface area contributed by atoms with Crippen molar-refractivity contribution >= 4 is 29.0 Å². The van der Waals surface area contributed by atoms with E-state index < -0.39 is 5.92 Å². The zero-order chi connectivity index (χ0) is 20.5. The highest BCUT2D eigenvalue weighted by atomic mass is 16.7. The van der Waals surface area contributed by atoms with Crippen LogP contribution in [-0.2, 0) is 9.59 Å². The Hall–Kier alpha value is -3.29. The summed E-state index contributed by atoms with van der Waals surface area (Å²) in [5.74, 6) is 1.45. The number of anilines is 3. The maximum Gasteiger partial charge on any atom is 0.231 e. The number of hydrogen-bond donors (Lipinski definition) is 1. The lowest BCUT2D eigenvalue weighted by Gasteiger charge is -2.29. The fourth-order valence-corrected chi connectivity index (χ4v) is 4.27. The highest BCUT2D eigenvalue weighted by Gasteiger charge is 2.36. The van der Waals surface area contributed by atoms with E-state index in [0.29, 0.717) is 23.7 Å². The van der Waals surface area contributed by atoms with Crippen LogP contribution in [0.4, 0.5) is 17.2 Å². The van der Waals surface area contributed by atoms with Crippen LogP contribution in [0.2, 0.25) is 0 Å². The SMILES string of the molecule is O=C(Nc1cccnc1N1CCCCC1)[C@H]1CC(=O)N(c2ccc3c(c2)OCO3)C1. The Morgan fingerprint density at radius 3 is 2.80 bits per heavy atom. The molecular formula is C22H24N4O4. The van der Waals surface area contributed by atoms with Crippen LogP contribution in [0.15, 0.2) is 36.5 Å². The molecule has 2 saturated heterocycles. The van der Waals surface area contributed by atoms with Gasteiger partial charge in [-0.1, -0.05) is 0 Å². The number of fused-ring (bicyclic) bond motifs is 1. The first kappa shape index (κ1) is 18.7. The van der Waals surface area contributed by atoms with E-state index in [9.17, 15) is 9.59 Å². The fraction of sp³-hybridized carbons (Fsp3) is 0.409. The third-order valence-electron chi connectivity index (χ3n) is 5.86. The van der Waals surface area contributed by atoms with E-state index in [-0.39, 0.29) is 25.0 Å². The lowest BCUT2D eigenvalue weighted by atomic mass is 10.1. The van der Waals surface area contributed by atoms with Crippen molar-refractivity contribution in [3.05, 3.63) is 36.5 Å². The topological polar surface area (TPSA) is 84.0 Å². The molecule has 2 aromatic rings.